The van der Waals surface area contributed by atoms with Crippen molar-refractivity contribution in [3.8, 4) is 10.6 Å². The van der Waals surface area contributed by atoms with E-state index in [1.165, 1.54) is 16.2 Å². The SMILES string of the molecule is CCOC(=O)C1CCCN(C(=O)CN(C)C(=O)c2sc(-c3cccc(Cl)c3)nc2C)C1. The average molecular weight is 464 g/mol. The van der Waals surface area contributed by atoms with Crippen molar-refractivity contribution >= 4 is 40.7 Å². The third-order valence-corrected chi connectivity index (χ3v) is 6.61. The van der Waals surface area contributed by atoms with Gasteiger partial charge < -0.3 is 14.5 Å². The van der Waals surface area contributed by atoms with E-state index in [2.05, 4.69) is 4.98 Å². The lowest BCUT2D eigenvalue weighted by atomic mass is 9.98. The number of hydrogen-bond donors (Lipinski definition) is 0. The molecule has 0 bridgehead atoms. The monoisotopic (exact) mass is 463 g/mol. The van der Waals surface area contributed by atoms with Crippen molar-refractivity contribution in [2.24, 2.45) is 5.92 Å². The normalized spacial score (nSPS) is 16.1. The van der Waals surface area contributed by atoms with Gasteiger partial charge in [0.05, 0.1) is 24.8 Å². The lowest BCUT2D eigenvalue weighted by Crippen LogP contribution is -2.47. The van der Waals surface area contributed by atoms with Gasteiger partial charge in [-0.15, -0.1) is 11.3 Å². The minimum Gasteiger partial charge on any atom is -0.466 e. The second-order valence-electron chi connectivity index (χ2n) is 7.54. The molecule has 2 heterocycles. The number of thiazole rings is 1. The molecule has 0 saturated carbocycles. The maximum Gasteiger partial charge on any atom is 0.310 e. The molecule has 1 aliphatic rings. The van der Waals surface area contributed by atoms with Crippen LogP contribution in [0.5, 0.6) is 0 Å². The van der Waals surface area contributed by atoms with E-state index in [9.17, 15) is 14.4 Å². The van der Waals surface area contributed by atoms with Gasteiger partial charge in [0, 0.05) is 30.7 Å². The summed E-state index contributed by atoms with van der Waals surface area (Å²) in [6.07, 6.45) is 1.45. The molecule has 7 nitrogen and oxygen atoms in total. The van der Waals surface area contributed by atoms with Crippen LogP contribution in [0.4, 0.5) is 0 Å². The topological polar surface area (TPSA) is 79.8 Å². The summed E-state index contributed by atoms with van der Waals surface area (Å²) in [5.41, 5.74) is 1.46. The summed E-state index contributed by atoms with van der Waals surface area (Å²) in [7, 11) is 1.60. The molecule has 0 spiro atoms. The fourth-order valence-electron chi connectivity index (χ4n) is 3.54. The van der Waals surface area contributed by atoms with Crippen LogP contribution in [-0.2, 0) is 14.3 Å². The highest BCUT2D eigenvalue weighted by molar-refractivity contribution is 7.17. The number of aryl methyl sites for hydroxylation is 1. The van der Waals surface area contributed by atoms with Crippen molar-refractivity contribution in [1.82, 2.24) is 14.8 Å². The van der Waals surface area contributed by atoms with Gasteiger partial charge in [-0.2, -0.15) is 0 Å². The molecule has 0 N–H and O–H groups in total. The number of amides is 2. The minimum absolute atomic E-state index is 0.0573. The third-order valence-electron chi connectivity index (χ3n) is 5.18. The number of rotatable bonds is 6. The van der Waals surface area contributed by atoms with Gasteiger partial charge in [0.15, 0.2) is 0 Å². The van der Waals surface area contributed by atoms with E-state index in [0.29, 0.717) is 46.7 Å². The standard InChI is InChI=1S/C22H26ClN3O4S/c1-4-30-22(29)16-8-6-10-26(12-16)18(27)13-25(3)21(28)19-14(2)24-20(31-19)15-7-5-9-17(23)11-15/h5,7,9,11,16H,4,6,8,10,12-13H2,1-3H3. The Kier molecular flexibility index (Phi) is 7.67. The van der Waals surface area contributed by atoms with E-state index in [1.807, 2.05) is 12.1 Å². The molecule has 1 fully saturated rings. The van der Waals surface area contributed by atoms with Gasteiger partial charge in [-0.05, 0) is 38.8 Å². The van der Waals surface area contributed by atoms with Crippen LogP contribution in [0.1, 0.15) is 35.1 Å². The Morgan fingerprint density at radius 3 is 2.84 bits per heavy atom. The van der Waals surface area contributed by atoms with Gasteiger partial charge in [-0.1, -0.05) is 23.7 Å². The number of hydrogen-bond acceptors (Lipinski definition) is 6. The molecule has 166 valence electrons. The van der Waals surface area contributed by atoms with Gasteiger partial charge in [-0.25, -0.2) is 4.98 Å². The maximum absolute atomic E-state index is 13.0. The molecule has 0 aliphatic carbocycles. The number of benzene rings is 1. The molecular formula is C22H26ClN3O4S. The smallest absolute Gasteiger partial charge is 0.310 e. The Morgan fingerprint density at radius 2 is 2.13 bits per heavy atom. The Morgan fingerprint density at radius 1 is 1.35 bits per heavy atom. The molecule has 0 radical (unpaired) electrons. The number of halogens is 1. The number of nitrogens with zero attached hydrogens (tertiary/aromatic N) is 3. The van der Waals surface area contributed by atoms with Crippen LogP contribution in [0.2, 0.25) is 5.02 Å². The van der Waals surface area contributed by atoms with Gasteiger partial charge >= 0.3 is 5.97 Å². The Hall–Kier alpha value is -2.45. The van der Waals surface area contributed by atoms with Gasteiger partial charge in [0.2, 0.25) is 5.91 Å². The van der Waals surface area contributed by atoms with Crippen LogP contribution in [0.15, 0.2) is 24.3 Å². The fraction of sp³-hybridized carbons (Fsp3) is 0.455. The first-order valence-electron chi connectivity index (χ1n) is 10.2. The number of esters is 1. The highest BCUT2D eigenvalue weighted by Crippen LogP contribution is 2.30. The number of carbonyl (C=O) groups is 3. The van der Waals surface area contributed by atoms with E-state index in [4.69, 9.17) is 16.3 Å². The predicted octanol–water partition coefficient (Wildman–Crippen LogP) is 3.65. The van der Waals surface area contributed by atoms with Crippen molar-refractivity contribution < 1.29 is 19.1 Å². The minimum atomic E-state index is -0.303. The van der Waals surface area contributed by atoms with Crippen LogP contribution < -0.4 is 0 Å². The van der Waals surface area contributed by atoms with Crippen LogP contribution in [0.25, 0.3) is 10.6 Å². The number of likely N-dealkylation sites (tertiary alicyclic amines) is 1. The lowest BCUT2D eigenvalue weighted by molar-refractivity contribution is -0.151. The number of ether oxygens (including phenoxy) is 1. The summed E-state index contributed by atoms with van der Waals surface area (Å²) in [5.74, 6) is -1.00. The maximum atomic E-state index is 13.0. The summed E-state index contributed by atoms with van der Waals surface area (Å²) in [4.78, 5) is 45.8. The van der Waals surface area contributed by atoms with E-state index >= 15 is 0 Å². The summed E-state index contributed by atoms with van der Waals surface area (Å²) < 4.78 is 5.09. The van der Waals surface area contributed by atoms with Crippen molar-refractivity contribution in [2.75, 3.05) is 33.3 Å². The third kappa shape index (κ3) is 5.62. The van der Waals surface area contributed by atoms with Crippen LogP contribution in [0.3, 0.4) is 0 Å². The van der Waals surface area contributed by atoms with Gasteiger partial charge in [0.25, 0.3) is 5.91 Å². The second kappa shape index (κ2) is 10.2. The first-order chi connectivity index (χ1) is 14.8. The van der Waals surface area contributed by atoms with Crippen LogP contribution >= 0.6 is 22.9 Å². The molecule has 1 aromatic carbocycles. The Bertz CT molecular complexity index is 977. The number of carbonyl (C=O) groups excluding carboxylic acids is 3. The molecule has 3 rings (SSSR count). The molecule has 2 amide bonds. The second-order valence-corrected chi connectivity index (χ2v) is 8.97. The van der Waals surface area contributed by atoms with Crippen LogP contribution in [0, 0.1) is 12.8 Å². The quantitative estimate of drug-likeness (QED) is 0.611. The molecule has 2 aromatic rings. The summed E-state index contributed by atoms with van der Waals surface area (Å²) >= 11 is 7.35. The summed E-state index contributed by atoms with van der Waals surface area (Å²) in [6.45, 7) is 4.73. The van der Waals surface area contributed by atoms with Crippen molar-refractivity contribution in [3.63, 3.8) is 0 Å². The van der Waals surface area contributed by atoms with Crippen molar-refractivity contribution in [2.45, 2.75) is 26.7 Å². The van der Waals surface area contributed by atoms with Gasteiger partial charge in [-0.3, -0.25) is 14.4 Å². The van der Waals surface area contributed by atoms with Crippen molar-refractivity contribution in [1.29, 1.82) is 0 Å². The zero-order valence-corrected chi connectivity index (χ0v) is 19.5. The van der Waals surface area contributed by atoms with Crippen molar-refractivity contribution in [3.05, 3.63) is 39.9 Å². The highest BCUT2D eigenvalue weighted by atomic mass is 35.5. The molecule has 1 atom stereocenters. The molecule has 1 aliphatic heterocycles. The molecule has 1 aromatic heterocycles. The van der Waals surface area contributed by atoms with E-state index in [1.54, 1.807) is 37.9 Å². The molecular weight excluding hydrogens is 438 g/mol. The Labute approximate surface area is 191 Å². The van der Waals surface area contributed by atoms with E-state index in [-0.39, 0.29) is 30.2 Å². The zero-order chi connectivity index (χ0) is 22.5. The number of aromatic nitrogens is 1. The number of piperidine rings is 1. The predicted molar refractivity (Wildman–Crippen MR) is 120 cm³/mol. The average Bonchev–Trinajstić information content (AvgIpc) is 3.15. The van der Waals surface area contributed by atoms with E-state index in [0.717, 1.165) is 12.0 Å². The zero-order valence-electron chi connectivity index (χ0n) is 17.9. The summed E-state index contributed by atoms with van der Waals surface area (Å²) in [6, 6.07) is 7.31. The molecule has 31 heavy (non-hydrogen) atoms. The summed E-state index contributed by atoms with van der Waals surface area (Å²) in [5, 5.41) is 1.31. The largest absolute Gasteiger partial charge is 0.466 e. The van der Waals surface area contributed by atoms with Crippen LogP contribution in [-0.4, -0.2) is 65.9 Å². The highest BCUT2D eigenvalue weighted by Gasteiger charge is 2.30. The molecule has 1 unspecified atom stereocenters. The lowest BCUT2D eigenvalue weighted by Gasteiger charge is -2.32. The van der Waals surface area contributed by atoms with E-state index < -0.39 is 0 Å². The first kappa shape index (κ1) is 23.2. The molecule has 1 saturated heterocycles. The first-order valence-corrected chi connectivity index (χ1v) is 11.4. The number of likely N-dealkylation sites (N-methyl/N-ethyl adjacent to an activating group) is 1. The fourth-order valence-corrected chi connectivity index (χ4v) is 4.79. The molecule has 9 heteroatoms. The Balaban J connectivity index is 1.65. The van der Waals surface area contributed by atoms with Gasteiger partial charge in [0.1, 0.15) is 9.88 Å².